The Hall–Kier alpha value is -1.12. The predicted octanol–water partition coefficient (Wildman–Crippen LogP) is 2.88. The number of aliphatic hydroxyl groups is 1. The number of unbranched alkanes of at least 4 members (excludes halogenated alkanes) is 1. The van der Waals surface area contributed by atoms with Gasteiger partial charge >= 0.3 is 0 Å². The van der Waals surface area contributed by atoms with Crippen LogP contribution in [0, 0.1) is 3.57 Å². The van der Waals surface area contributed by atoms with E-state index < -0.39 is 6.29 Å². The summed E-state index contributed by atoms with van der Waals surface area (Å²) in [6.45, 7) is 0.665. The first-order valence-corrected chi connectivity index (χ1v) is 9.17. The number of ether oxygens (including phenoxy) is 2. The van der Waals surface area contributed by atoms with Gasteiger partial charge < -0.3 is 19.5 Å². The molecule has 2 rings (SSSR count). The van der Waals surface area contributed by atoms with Crippen molar-refractivity contribution in [3.63, 3.8) is 0 Å². The summed E-state index contributed by atoms with van der Waals surface area (Å²) in [7, 11) is 3.41. The third-order valence-electron chi connectivity index (χ3n) is 3.83. The summed E-state index contributed by atoms with van der Waals surface area (Å²) in [5.74, 6) is 0.258. The third kappa shape index (κ3) is 5.46. The van der Waals surface area contributed by atoms with E-state index in [9.17, 15) is 4.79 Å². The Morgan fingerprint density at radius 3 is 2.67 bits per heavy atom. The minimum absolute atomic E-state index is 0.0810. The first-order chi connectivity index (χ1) is 11.5. The standard InChI is InChI=1S/C18H24INO4/c1-20(2)18(22)16-11-14(13-5-7-15(19)8-6-13)12-17(24-16)23-10-4-3-9-21/h5-8,11,14,17,21H,3-4,9-10,12H2,1-2H3/t14-,17+/m0/s1. The fourth-order valence-corrected chi connectivity index (χ4v) is 2.86. The number of halogens is 1. The van der Waals surface area contributed by atoms with Crippen molar-refractivity contribution >= 4 is 28.5 Å². The van der Waals surface area contributed by atoms with Crippen LogP contribution in [-0.2, 0) is 14.3 Å². The van der Waals surface area contributed by atoms with Gasteiger partial charge in [-0.2, -0.15) is 0 Å². The lowest BCUT2D eigenvalue weighted by Crippen LogP contribution is -2.32. The summed E-state index contributed by atoms with van der Waals surface area (Å²) >= 11 is 2.27. The molecule has 0 aliphatic carbocycles. The minimum atomic E-state index is -0.447. The molecule has 2 atom stereocenters. The van der Waals surface area contributed by atoms with Crippen LogP contribution in [-0.4, -0.2) is 49.5 Å². The highest BCUT2D eigenvalue weighted by Gasteiger charge is 2.29. The molecular formula is C18H24INO4. The number of allylic oxidation sites excluding steroid dienone is 1. The molecular weight excluding hydrogens is 421 g/mol. The molecule has 1 N–H and O–H groups in total. The average molecular weight is 445 g/mol. The van der Waals surface area contributed by atoms with Crippen LogP contribution in [0.1, 0.15) is 30.7 Å². The van der Waals surface area contributed by atoms with E-state index in [0.29, 0.717) is 25.2 Å². The Balaban J connectivity index is 2.13. The van der Waals surface area contributed by atoms with E-state index in [1.807, 2.05) is 6.08 Å². The van der Waals surface area contributed by atoms with Crippen molar-refractivity contribution in [2.45, 2.75) is 31.5 Å². The second kappa shape index (κ2) is 9.39. The second-order valence-corrected chi connectivity index (χ2v) is 7.22. The smallest absolute Gasteiger partial charge is 0.288 e. The van der Waals surface area contributed by atoms with Gasteiger partial charge in [0, 0.05) is 36.6 Å². The summed E-state index contributed by atoms with van der Waals surface area (Å²) < 4.78 is 12.7. The molecule has 1 heterocycles. The van der Waals surface area contributed by atoms with Crippen molar-refractivity contribution in [2.24, 2.45) is 0 Å². The number of benzene rings is 1. The molecule has 1 amide bonds. The highest BCUT2D eigenvalue weighted by Crippen LogP contribution is 2.32. The summed E-state index contributed by atoms with van der Waals surface area (Å²) in [6.07, 6.45) is 3.58. The van der Waals surface area contributed by atoms with Crippen molar-refractivity contribution in [1.82, 2.24) is 4.90 Å². The number of carbonyl (C=O) groups excluding carboxylic acids is 1. The van der Waals surface area contributed by atoms with E-state index in [4.69, 9.17) is 14.6 Å². The Kier molecular flexibility index (Phi) is 7.51. The highest BCUT2D eigenvalue weighted by atomic mass is 127. The summed E-state index contributed by atoms with van der Waals surface area (Å²) in [5, 5.41) is 8.85. The van der Waals surface area contributed by atoms with Crippen molar-refractivity contribution in [2.75, 3.05) is 27.3 Å². The van der Waals surface area contributed by atoms with Gasteiger partial charge in [0.25, 0.3) is 5.91 Å². The van der Waals surface area contributed by atoms with Crippen LogP contribution in [0.2, 0.25) is 0 Å². The lowest BCUT2D eigenvalue weighted by Gasteiger charge is -2.30. The highest BCUT2D eigenvalue weighted by molar-refractivity contribution is 14.1. The van der Waals surface area contributed by atoms with E-state index in [2.05, 4.69) is 46.9 Å². The molecule has 1 aliphatic heterocycles. The van der Waals surface area contributed by atoms with Gasteiger partial charge in [-0.15, -0.1) is 0 Å². The Bertz CT molecular complexity index is 571. The maximum atomic E-state index is 12.3. The first-order valence-electron chi connectivity index (χ1n) is 8.09. The Morgan fingerprint density at radius 2 is 2.04 bits per heavy atom. The van der Waals surface area contributed by atoms with Crippen LogP contribution in [0.15, 0.2) is 36.1 Å². The molecule has 0 radical (unpaired) electrons. The normalized spacial score (nSPS) is 20.2. The largest absolute Gasteiger partial charge is 0.459 e. The van der Waals surface area contributed by atoms with E-state index in [-0.39, 0.29) is 18.4 Å². The van der Waals surface area contributed by atoms with Crippen molar-refractivity contribution in [1.29, 1.82) is 0 Å². The molecule has 5 nitrogen and oxygen atoms in total. The molecule has 0 spiro atoms. The Labute approximate surface area is 156 Å². The first kappa shape index (κ1) is 19.2. The van der Waals surface area contributed by atoms with Gasteiger partial charge in [0.2, 0.25) is 6.29 Å². The number of amides is 1. The molecule has 0 bridgehead atoms. The summed E-state index contributed by atoms with van der Waals surface area (Å²) in [4.78, 5) is 13.8. The van der Waals surface area contributed by atoms with Gasteiger partial charge in [0.1, 0.15) is 0 Å². The molecule has 24 heavy (non-hydrogen) atoms. The number of aliphatic hydroxyl groups excluding tert-OH is 1. The predicted molar refractivity (Wildman–Crippen MR) is 100 cm³/mol. The minimum Gasteiger partial charge on any atom is -0.459 e. The van der Waals surface area contributed by atoms with E-state index in [1.165, 1.54) is 8.47 Å². The summed E-state index contributed by atoms with van der Waals surface area (Å²) in [5.41, 5.74) is 1.15. The molecule has 0 saturated heterocycles. The van der Waals surface area contributed by atoms with Crippen LogP contribution < -0.4 is 0 Å². The molecule has 1 aromatic rings. The summed E-state index contributed by atoms with van der Waals surface area (Å²) in [6, 6.07) is 8.27. The lowest BCUT2D eigenvalue weighted by atomic mass is 9.93. The zero-order chi connectivity index (χ0) is 17.5. The Morgan fingerprint density at radius 1 is 1.33 bits per heavy atom. The fourth-order valence-electron chi connectivity index (χ4n) is 2.50. The second-order valence-electron chi connectivity index (χ2n) is 5.97. The lowest BCUT2D eigenvalue weighted by molar-refractivity contribution is -0.151. The van der Waals surface area contributed by atoms with Gasteiger partial charge in [-0.05, 0) is 59.2 Å². The number of rotatable bonds is 7. The van der Waals surface area contributed by atoms with E-state index >= 15 is 0 Å². The number of hydrogen-bond acceptors (Lipinski definition) is 4. The van der Waals surface area contributed by atoms with E-state index in [1.54, 1.807) is 14.1 Å². The molecule has 0 saturated carbocycles. The molecule has 0 fully saturated rings. The van der Waals surface area contributed by atoms with Gasteiger partial charge in [-0.3, -0.25) is 4.79 Å². The quantitative estimate of drug-likeness (QED) is 0.518. The van der Waals surface area contributed by atoms with Gasteiger partial charge in [-0.1, -0.05) is 12.1 Å². The van der Waals surface area contributed by atoms with Gasteiger partial charge in [-0.25, -0.2) is 0 Å². The fraction of sp³-hybridized carbons (Fsp3) is 0.500. The van der Waals surface area contributed by atoms with Crippen LogP contribution in [0.3, 0.4) is 0 Å². The van der Waals surface area contributed by atoms with Gasteiger partial charge in [0.05, 0.1) is 6.61 Å². The monoisotopic (exact) mass is 445 g/mol. The van der Waals surface area contributed by atoms with Crippen molar-refractivity contribution in [3.8, 4) is 0 Å². The van der Waals surface area contributed by atoms with Crippen LogP contribution in [0.5, 0.6) is 0 Å². The topological polar surface area (TPSA) is 59.0 Å². The van der Waals surface area contributed by atoms with Crippen molar-refractivity contribution in [3.05, 3.63) is 45.2 Å². The number of carbonyl (C=O) groups is 1. The number of hydrogen-bond donors (Lipinski definition) is 1. The average Bonchev–Trinajstić information content (AvgIpc) is 2.58. The zero-order valence-electron chi connectivity index (χ0n) is 14.1. The number of likely N-dealkylation sites (N-methyl/N-ethyl adjacent to an activating group) is 1. The van der Waals surface area contributed by atoms with Crippen LogP contribution >= 0.6 is 22.6 Å². The van der Waals surface area contributed by atoms with Crippen LogP contribution in [0.25, 0.3) is 0 Å². The van der Waals surface area contributed by atoms with Crippen molar-refractivity contribution < 1.29 is 19.4 Å². The number of nitrogens with zero attached hydrogens (tertiary/aromatic N) is 1. The van der Waals surface area contributed by atoms with Crippen LogP contribution in [0.4, 0.5) is 0 Å². The molecule has 1 aromatic carbocycles. The molecule has 0 unspecified atom stereocenters. The maximum absolute atomic E-state index is 12.3. The zero-order valence-corrected chi connectivity index (χ0v) is 16.2. The van der Waals surface area contributed by atoms with Gasteiger partial charge in [0.15, 0.2) is 5.76 Å². The maximum Gasteiger partial charge on any atom is 0.288 e. The van der Waals surface area contributed by atoms with E-state index in [0.717, 1.165) is 12.0 Å². The third-order valence-corrected chi connectivity index (χ3v) is 4.55. The SMILES string of the molecule is CN(C)C(=O)C1=C[C@H](c2ccc(I)cc2)C[C@H](OCCCCO)O1. The molecule has 6 heteroatoms. The molecule has 0 aromatic heterocycles. The molecule has 132 valence electrons. The molecule has 1 aliphatic rings.